The number of carbonyl (C=O) groups excluding carboxylic acids is 2. The van der Waals surface area contributed by atoms with Gasteiger partial charge in [-0.05, 0) is 51.5 Å². The molecule has 1 aliphatic heterocycles. The minimum absolute atomic E-state index is 0.0986. The summed E-state index contributed by atoms with van der Waals surface area (Å²) in [7, 11) is 0. The monoisotopic (exact) mass is 441 g/mol. The largest absolute Gasteiger partial charge is 0.480 e. The molecule has 5 unspecified atom stereocenters. The Morgan fingerprint density at radius 2 is 1.93 bits per heavy atom. The van der Waals surface area contributed by atoms with Gasteiger partial charge >= 0.3 is 11.9 Å². The summed E-state index contributed by atoms with van der Waals surface area (Å²) >= 11 is 1.29. The molecule has 8 heteroatoms. The standard InChI is InChI=1S/C22H35NO6S/c1-13-7-6-8-14(2)19(25)10-9-15(3)20(11-21(26)29-16(13)4)30-12-18(22(27)28)23-17(5)24/h8-9,13,16,18-20,25H,6-7,10-12H2,1-5H3,(H,23,24)(H,27,28). The number of carboxylic acid groups (broad SMARTS) is 1. The van der Waals surface area contributed by atoms with E-state index in [-0.39, 0.29) is 35.4 Å². The van der Waals surface area contributed by atoms with E-state index in [0.717, 1.165) is 24.0 Å². The summed E-state index contributed by atoms with van der Waals surface area (Å²) in [6, 6.07) is -1.04. The van der Waals surface area contributed by atoms with Crippen molar-refractivity contribution in [2.75, 3.05) is 5.75 Å². The maximum atomic E-state index is 12.5. The Morgan fingerprint density at radius 3 is 2.53 bits per heavy atom. The quantitative estimate of drug-likeness (QED) is 0.444. The van der Waals surface area contributed by atoms with Crippen LogP contribution < -0.4 is 5.32 Å². The van der Waals surface area contributed by atoms with Gasteiger partial charge in [-0.15, -0.1) is 0 Å². The van der Waals surface area contributed by atoms with Crippen LogP contribution in [0.4, 0.5) is 0 Å². The Kier molecular flexibility index (Phi) is 11.2. The number of thioether (sulfide) groups is 1. The molecule has 0 aromatic carbocycles. The highest BCUT2D eigenvalue weighted by Crippen LogP contribution is 2.27. The average molecular weight is 442 g/mol. The van der Waals surface area contributed by atoms with Gasteiger partial charge in [0.1, 0.15) is 12.1 Å². The van der Waals surface area contributed by atoms with Crippen LogP contribution in [0.1, 0.15) is 60.3 Å². The first-order valence-electron chi connectivity index (χ1n) is 10.3. The number of nitrogens with one attached hydrogen (secondary N) is 1. The summed E-state index contributed by atoms with van der Waals surface area (Å²) in [5, 5.41) is 21.8. The van der Waals surface area contributed by atoms with Gasteiger partial charge in [0, 0.05) is 17.9 Å². The molecule has 1 amide bonds. The molecule has 0 radical (unpaired) electrons. The summed E-state index contributed by atoms with van der Waals surface area (Å²) in [6.45, 7) is 8.95. The van der Waals surface area contributed by atoms with E-state index in [1.807, 2.05) is 39.8 Å². The van der Waals surface area contributed by atoms with Gasteiger partial charge < -0.3 is 20.3 Å². The molecule has 1 rings (SSSR count). The molecule has 0 aliphatic carbocycles. The lowest BCUT2D eigenvalue weighted by atomic mass is 9.97. The summed E-state index contributed by atoms with van der Waals surface area (Å²) < 4.78 is 5.62. The summed E-state index contributed by atoms with van der Waals surface area (Å²) in [5.41, 5.74) is 1.78. The van der Waals surface area contributed by atoms with E-state index in [4.69, 9.17) is 4.74 Å². The molecule has 0 aromatic heterocycles. The third kappa shape index (κ3) is 9.34. The Hall–Kier alpha value is -1.80. The topological polar surface area (TPSA) is 113 Å². The molecule has 170 valence electrons. The van der Waals surface area contributed by atoms with Crippen molar-refractivity contribution < 1.29 is 29.3 Å². The zero-order valence-corrected chi connectivity index (χ0v) is 19.3. The normalized spacial score (nSPS) is 27.7. The number of carboxylic acids is 1. The van der Waals surface area contributed by atoms with E-state index in [2.05, 4.69) is 5.32 Å². The molecule has 1 aliphatic rings. The van der Waals surface area contributed by atoms with Crippen LogP contribution in [0.25, 0.3) is 0 Å². The molecule has 3 N–H and O–H groups in total. The summed E-state index contributed by atoms with van der Waals surface area (Å²) in [5.74, 6) is -1.59. The number of aliphatic hydroxyl groups excluding tert-OH is 1. The Balaban J connectivity index is 3.03. The van der Waals surface area contributed by atoms with Crippen molar-refractivity contribution in [3.05, 3.63) is 23.3 Å². The average Bonchev–Trinajstić information content (AvgIpc) is 2.66. The first-order valence-corrected chi connectivity index (χ1v) is 11.4. The van der Waals surface area contributed by atoms with Crippen molar-refractivity contribution in [1.29, 1.82) is 0 Å². The number of esters is 1. The highest BCUT2D eigenvalue weighted by molar-refractivity contribution is 8.00. The van der Waals surface area contributed by atoms with Crippen LogP contribution in [0.3, 0.4) is 0 Å². The van der Waals surface area contributed by atoms with E-state index in [9.17, 15) is 24.6 Å². The molecule has 0 saturated heterocycles. The minimum Gasteiger partial charge on any atom is -0.480 e. The fourth-order valence-corrected chi connectivity index (χ4v) is 4.33. The molecule has 30 heavy (non-hydrogen) atoms. The van der Waals surface area contributed by atoms with Crippen LogP contribution in [-0.4, -0.2) is 57.3 Å². The summed E-state index contributed by atoms with van der Waals surface area (Å²) in [6.07, 6.45) is 5.26. The van der Waals surface area contributed by atoms with Gasteiger partial charge in [0.15, 0.2) is 0 Å². The van der Waals surface area contributed by atoms with Gasteiger partial charge in [-0.3, -0.25) is 9.59 Å². The number of aliphatic carboxylic acids is 1. The molecule has 7 nitrogen and oxygen atoms in total. The second-order valence-electron chi connectivity index (χ2n) is 8.01. The van der Waals surface area contributed by atoms with Crippen molar-refractivity contribution in [1.82, 2.24) is 5.32 Å². The zero-order chi connectivity index (χ0) is 22.8. The number of aliphatic hydroxyl groups is 1. The number of hydrogen-bond acceptors (Lipinski definition) is 6. The molecule has 0 saturated carbocycles. The van der Waals surface area contributed by atoms with Crippen molar-refractivity contribution in [2.24, 2.45) is 5.92 Å². The van der Waals surface area contributed by atoms with Gasteiger partial charge in [-0.1, -0.05) is 24.6 Å². The number of ether oxygens (including phenoxy) is 1. The van der Waals surface area contributed by atoms with Crippen LogP contribution in [0.5, 0.6) is 0 Å². The first-order chi connectivity index (χ1) is 14.0. The molecular formula is C22H35NO6S. The lowest BCUT2D eigenvalue weighted by Crippen LogP contribution is -2.42. The van der Waals surface area contributed by atoms with Gasteiger partial charge in [0.2, 0.25) is 5.91 Å². The van der Waals surface area contributed by atoms with E-state index in [1.165, 1.54) is 18.7 Å². The van der Waals surface area contributed by atoms with Crippen LogP contribution in [-0.2, 0) is 19.1 Å². The number of rotatable bonds is 5. The van der Waals surface area contributed by atoms with Gasteiger partial charge in [-0.25, -0.2) is 4.79 Å². The van der Waals surface area contributed by atoms with Crippen LogP contribution in [0.15, 0.2) is 23.3 Å². The van der Waals surface area contributed by atoms with Crippen molar-refractivity contribution in [3.8, 4) is 0 Å². The first kappa shape index (κ1) is 26.2. The molecule has 0 fully saturated rings. The second kappa shape index (κ2) is 12.8. The molecule has 0 bridgehead atoms. The molecular weight excluding hydrogens is 406 g/mol. The molecule has 1 heterocycles. The highest BCUT2D eigenvalue weighted by atomic mass is 32.2. The Bertz CT molecular complexity index is 675. The van der Waals surface area contributed by atoms with Crippen LogP contribution in [0, 0.1) is 5.92 Å². The SMILES string of the molecule is CC(=O)NC(CSC1CC(=O)OC(C)C(C)CCC=C(C)C(O)CC=C1C)C(=O)O. The second-order valence-corrected chi connectivity index (χ2v) is 9.25. The number of cyclic esters (lactones) is 1. The molecule has 0 aromatic rings. The fraction of sp³-hybridized carbons (Fsp3) is 0.682. The number of hydrogen-bond donors (Lipinski definition) is 3. The van der Waals surface area contributed by atoms with Gasteiger partial charge in [0.25, 0.3) is 0 Å². The van der Waals surface area contributed by atoms with E-state index < -0.39 is 24.0 Å². The van der Waals surface area contributed by atoms with Gasteiger partial charge in [-0.2, -0.15) is 11.8 Å². The minimum atomic E-state index is -1.12. The maximum absolute atomic E-state index is 12.5. The Morgan fingerprint density at radius 1 is 1.27 bits per heavy atom. The molecule has 5 atom stereocenters. The molecule has 0 spiro atoms. The van der Waals surface area contributed by atoms with Crippen LogP contribution in [0.2, 0.25) is 0 Å². The van der Waals surface area contributed by atoms with Gasteiger partial charge in [0.05, 0.1) is 12.5 Å². The predicted molar refractivity (Wildman–Crippen MR) is 118 cm³/mol. The third-order valence-corrected chi connectivity index (χ3v) is 6.86. The third-order valence-electron chi connectivity index (χ3n) is 5.40. The Labute approximate surface area is 183 Å². The maximum Gasteiger partial charge on any atom is 0.327 e. The lowest BCUT2D eigenvalue weighted by Gasteiger charge is -2.24. The number of amides is 1. The van der Waals surface area contributed by atoms with Crippen molar-refractivity contribution >= 4 is 29.6 Å². The lowest BCUT2D eigenvalue weighted by molar-refractivity contribution is -0.150. The van der Waals surface area contributed by atoms with Crippen LogP contribution >= 0.6 is 11.8 Å². The van der Waals surface area contributed by atoms with E-state index in [0.29, 0.717) is 6.42 Å². The van der Waals surface area contributed by atoms with Crippen molar-refractivity contribution in [3.63, 3.8) is 0 Å². The fourth-order valence-electron chi connectivity index (χ4n) is 3.07. The number of carbonyl (C=O) groups is 3. The van der Waals surface area contributed by atoms with Crippen molar-refractivity contribution in [2.45, 2.75) is 83.8 Å². The number of allylic oxidation sites excluding steroid dienone is 1. The summed E-state index contributed by atoms with van der Waals surface area (Å²) in [4.78, 5) is 35.2. The highest BCUT2D eigenvalue weighted by Gasteiger charge is 2.25. The smallest absolute Gasteiger partial charge is 0.327 e. The van der Waals surface area contributed by atoms with E-state index in [1.54, 1.807) is 0 Å². The van der Waals surface area contributed by atoms with E-state index >= 15 is 0 Å². The predicted octanol–water partition coefficient (Wildman–Crippen LogP) is 3.07. The zero-order valence-electron chi connectivity index (χ0n) is 18.5.